The van der Waals surface area contributed by atoms with Crippen LogP contribution in [0, 0.1) is 11.3 Å². The highest BCUT2D eigenvalue weighted by Crippen LogP contribution is 2.59. The van der Waals surface area contributed by atoms with E-state index in [2.05, 4.69) is 50.5 Å². The van der Waals surface area contributed by atoms with Gasteiger partial charge in [0.2, 0.25) is 5.91 Å². The molecule has 0 radical (unpaired) electrons. The van der Waals surface area contributed by atoms with Crippen LogP contribution < -0.4 is 5.32 Å². The number of likely N-dealkylation sites (tertiary alicyclic amines) is 1. The van der Waals surface area contributed by atoms with Crippen molar-refractivity contribution in [3.05, 3.63) is 70.8 Å². The van der Waals surface area contributed by atoms with Crippen molar-refractivity contribution in [2.45, 2.75) is 32.2 Å². The first kappa shape index (κ1) is 22.4. The fraction of sp³-hybridized carbons (Fsp3) is 0.393. The molecule has 1 N–H and O–H groups in total. The standard InChI is InChI=1S/C28H31N5OS/c1-32-24-10-6-5-9-22(24)30-25(32)11-14-29-27(34)21-17-28(21)12-15-33(16-13-28)18-26-31-23(19-35-26)20-7-3-2-4-8-20/h2-10,19,21H,11-18H2,1H3,(H,29,34). The average Bonchev–Trinajstić information content (AvgIpc) is 3.22. The van der Waals surface area contributed by atoms with Crippen molar-refractivity contribution in [2.75, 3.05) is 19.6 Å². The fourth-order valence-electron chi connectivity index (χ4n) is 5.58. The first-order chi connectivity index (χ1) is 17.1. The van der Waals surface area contributed by atoms with Gasteiger partial charge in [-0.15, -0.1) is 11.3 Å². The van der Waals surface area contributed by atoms with Gasteiger partial charge >= 0.3 is 0 Å². The van der Waals surface area contributed by atoms with Crippen LogP contribution in [0.4, 0.5) is 0 Å². The zero-order valence-electron chi connectivity index (χ0n) is 20.1. The Morgan fingerprint density at radius 1 is 1.09 bits per heavy atom. The van der Waals surface area contributed by atoms with Gasteiger partial charge in [0.15, 0.2) is 0 Å². The largest absolute Gasteiger partial charge is 0.355 e. The number of thiazole rings is 1. The molecule has 1 saturated carbocycles. The van der Waals surface area contributed by atoms with Crippen LogP contribution in [0.25, 0.3) is 22.3 Å². The third kappa shape index (κ3) is 4.50. The number of carbonyl (C=O) groups is 1. The van der Waals surface area contributed by atoms with Gasteiger partial charge in [-0.1, -0.05) is 42.5 Å². The van der Waals surface area contributed by atoms with E-state index >= 15 is 0 Å². The number of piperidine rings is 1. The van der Waals surface area contributed by atoms with Gasteiger partial charge in [-0.05, 0) is 49.9 Å². The molecule has 2 aromatic carbocycles. The lowest BCUT2D eigenvalue weighted by molar-refractivity contribution is -0.123. The van der Waals surface area contributed by atoms with Crippen LogP contribution in [0.15, 0.2) is 60.0 Å². The summed E-state index contributed by atoms with van der Waals surface area (Å²) in [4.78, 5) is 24.9. The Morgan fingerprint density at radius 2 is 1.86 bits per heavy atom. The Bertz CT molecular complexity index is 1340. The number of aromatic nitrogens is 3. The highest BCUT2D eigenvalue weighted by atomic mass is 32.1. The molecule has 6 rings (SSSR count). The van der Waals surface area contributed by atoms with Crippen molar-refractivity contribution in [2.24, 2.45) is 18.4 Å². The minimum atomic E-state index is 0.176. The van der Waals surface area contributed by atoms with Gasteiger partial charge in [0.25, 0.3) is 0 Å². The number of para-hydroxylation sites is 2. The number of hydrogen-bond acceptors (Lipinski definition) is 5. The predicted octanol–water partition coefficient (Wildman–Crippen LogP) is 4.66. The van der Waals surface area contributed by atoms with Crippen LogP contribution in [-0.4, -0.2) is 45.0 Å². The molecular weight excluding hydrogens is 454 g/mol. The summed E-state index contributed by atoms with van der Waals surface area (Å²) in [6.45, 7) is 3.64. The number of nitrogens with one attached hydrogen (secondary N) is 1. The zero-order chi connectivity index (χ0) is 23.8. The van der Waals surface area contributed by atoms with Crippen LogP contribution in [0.1, 0.15) is 30.1 Å². The molecule has 1 amide bonds. The third-order valence-electron chi connectivity index (χ3n) is 7.87. The van der Waals surface area contributed by atoms with Crippen LogP contribution in [-0.2, 0) is 24.8 Å². The predicted molar refractivity (Wildman–Crippen MR) is 140 cm³/mol. The van der Waals surface area contributed by atoms with Crippen LogP contribution in [0.5, 0.6) is 0 Å². The highest BCUT2D eigenvalue weighted by Gasteiger charge is 2.58. The van der Waals surface area contributed by atoms with E-state index in [0.29, 0.717) is 6.54 Å². The van der Waals surface area contributed by atoms with Crippen molar-refractivity contribution in [1.29, 1.82) is 0 Å². The molecule has 35 heavy (non-hydrogen) atoms. The fourth-order valence-corrected chi connectivity index (χ4v) is 6.43. The number of amides is 1. The second-order valence-electron chi connectivity index (χ2n) is 10.0. The topological polar surface area (TPSA) is 63.1 Å². The Labute approximate surface area is 210 Å². The number of rotatable bonds is 7. The van der Waals surface area contributed by atoms with E-state index < -0.39 is 0 Å². The maximum Gasteiger partial charge on any atom is 0.223 e. The van der Waals surface area contributed by atoms with E-state index in [4.69, 9.17) is 9.97 Å². The maximum absolute atomic E-state index is 12.9. The van der Waals surface area contributed by atoms with Crippen molar-refractivity contribution in [3.8, 4) is 11.3 Å². The first-order valence-corrected chi connectivity index (χ1v) is 13.4. The van der Waals surface area contributed by atoms with E-state index in [1.807, 2.05) is 31.3 Å². The number of nitrogens with zero attached hydrogens (tertiary/aromatic N) is 4. The smallest absolute Gasteiger partial charge is 0.223 e. The van der Waals surface area contributed by atoms with Gasteiger partial charge in [0, 0.05) is 36.9 Å². The van der Waals surface area contributed by atoms with E-state index in [-0.39, 0.29) is 17.2 Å². The number of imidazole rings is 1. The van der Waals surface area contributed by atoms with Crippen molar-refractivity contribution in [3.63, 3.8) is 0 Å². The number of aryl methyl sites for hydroxylation is 1. The molecule has 1 saturated heterocycles. The molecule has 3 heterocycles. The van der Waals surface area contributed by atoms with Crippen molar-refractivity contribution < 1.29 is 4.79 Å². The van der Waals surface area contributed by atoms with E-state index in [9.17, 15) is 4.79 Å². The molecule has 7 heteroatoms. The molecule has 1 aliphatic heterocycles. The second-order valence-corrected chi connectivity index (χ2v) is 10.9. The Balaban J connectivity index is 0.972. The molecule has 1 aliphatic carbocycles. The molecule has 2 aromatic heterocycles. The highest BCUT2D eigenvalue weighted by molar-refractivity contribution is 7.09. The van der Waals surface area contributed by atoms with E-state index in [1.165, 1.54) is 10.6 Å². The summed E-state index contributed by atoms with van der Waals surface area (Å²) in [6, 6.07) is 18.5. The van der Waals surface area contributed by atoms with Gasteiger partial charge in [-0.25, -0.2) is 9.97 Å². The summed E-state index contributed by atoms with van der Waals surface area (Å²) in [6.07, 6.45) is 4.00. The lowest BCUT2D eigenvalue weighted by Gasteiger charge is -2.32. The average molecular weight is 486 g/mol. The van der Waals surface area contributed by atoms with Crippen LogP contribution in [0.3, 0.4) is 0 Å². The van der Waals surface area contributed by atoms with Gasteiger partial charge in [0.05, 0.1) is 23.3 Å². The van der Waals surface area contributed by atoms with Crippen LogP contribution in [0.2, 0.25) is 0 Å². The van der Waals surface area contributed by atoms with Gasteiger partial charge < -0.3 is 9.88 Å². The van der Waals surface area contributed by atoms with Crippen molar-refractivity contribution >= 4 is 28.3 Å². The quantitative estimate of drug-likeness (QED) is 0.414. The molecule has 1 atom stereocenters. The molecule has 0 bridgehead atoms. The number of fused-ring (bicyclic) bond motifs is 1. The lowest BCUT2D eigenvalue weighted by Crippen LogP contribution is -2.37. The first-order valence-electron chi connectivity index (χ1n) is 12.5. The van der Waals surface area contributed by atoms with Crippen molar-refractivity contribution in [1.82, 2.24) is 24.8 Å². The molecule has 2 aliphatic rings. The minimum absolute atomic E-state index is 0.176. The molecule has 180 valence electrons. The molecule has 2 fully saturated rings. The monoisotopic (exact) mass is 485 g/mol. The summed E-state index contributed by atoms with van der Waals surface area (Å²) < 4.78 is 2.13. The molecule has 4 aromatic rings. The lowest BCUT2D eigenvalue weighted by atomic mass is 9.90. The molecule has 6 nitrogen and oxygen atoms in total. The number of hydrogen-bond donors (Lipinski definition) is 1. The van der Waals surface area contributed by atoms with Gasteiger partial charge in [-0.2, -0.15) is 0 Å². The summed E-state index contributed by atoms with van der Waals surface area (Å²) in [5.41, 5.74) is 4.61. The Kier molecular flexibility index (Phi) is 5.90. The summed E-state index contributed by atoms with van der Waals surface area (Å²) >= 11 is 1.74. The summed E-state index contributed by atoms with van der Waals surface area (Å²) in [5.74, 6) is 1.42. The SMILES string of the molecule is Cn1c(CCNC(=O)C2CC23CCN(Cc2nc(-c4ccccc4)cs2)CC3)nc2ccccc21. The Hall–Kier alpha value is -3.03. The molecule has 1 unspecified atom stereocenters. The van der Waals surface area contributed by atoms with Gasteiger partial charge in [-0.3, -0.25) is 9.69 Å². The normalized spacial score (nSPS) is 19.3. The summed E-state index contributed by atoms with van der Waals surface area (Å²) in [5, 5.41) is 6.52. The minimum Gasteiger partial charge on any atom is -0.355 e. The number of benzene rings is 2. The third-order valence-corrected chi connectivity index (χ3v) is 8.70. The maximum atomic E-state index is 12.9. The zero-order valence-corrected chi connectivity index (χ0v) is 20.9. The number of carbonyl (C=O) groups excluding carboxylic acids is 1. The second kappa shape index (κ2) is 9.21. The van der Waals surface area contributed by atoms with E-state index in [0.717, 1.165) is 67.9 Å². The van der Waals surface area contributed by atoms with E-state index in [1.54, 1.807) is 11.3 Å². The molecular formula is C28H31N5OS. The summed E-state index contributed by atoms with van der Waals surface area (Å²) in [7, 11) is 2.05. The molecule has 1 spiro atoms. The van der Waals surface area contributed by atoms with Gasteiger partial charge in [0.1, 0.15) is 10.8 Å². The Morgan fingerprint density at radius 3 is 2.66 bits per heavy atom. The van der Waals surface area contributed by atoms with Crippen LogP contribution >= 0.6 is 11.3 Å².